The predicted octanol–water partition coefficient (Wildman–Crippen LogP) is 3.54. The molecule has 1 aliphatic rings. The fraction of sp³-hybridized carbons (Fsp3) is 0.368. The fourth-order valence-corrected chi connectivity index (χ4v) is 4.78. The number of hydrogen-bond donors (Lipinski definition) is 2. The quantitative estimate of drug-likeness (QED) is 0.877. The van der Waals surface area contributed by atoms with Crippen molar-refractivity contribution in [1.82, 2.24) is 0 Å². The summed E-state index contributed by atoms with van der Waals surface area (Å²) in [6, 6.07) is 5.40. The van der Waals surface area contributed by atoms with E-state index in [-0.39, 0.29) is 5.91 Å². The Hall–Kier alpha value is -2.34. The average molecular weight is 358 g/mol. The SMILES string of the molecule is COc1c(C)cccc1C(=O)Nc1sc2c(c1C(N)=O)CCC(C)C2. The zero-order valence-electron chi connectivity index (χ0n) is 14.6. The highest BCUT2D eigenvalue weighted by Gasteiger charge is 2.27. The molecule has 0 saturated carbocycles. The van der Waals surface area contributed by atoms with Crippen molar-refractivity contribution in [3.63, 3.8) is 0 Å². The van der Waals surface area contributed by atoms with E-state index in [4.69, 9.17) is 10.5 Å². The summed E-state index contributed by atoms with van der Waals surface area (Å²) in [5, 5.41) is 3.42. The van der Waals surface area contributed by atoms with Crippen molar-refractivity contribution in [3.8, 4) is 5.75 Å². The third kappa shape index (κ3) is 3.26. The number of hydrogen-bond acceptors (Lipinski definition) is 4. The number of primary amides is 1. The molecule has 3 rings (SSSR count). The van der Waals surface area contributed by atoms with E-state index < -0.39 is 5.91 Å². The minimum Gasteiger partial charge on any atom is -0.496 e. The van der Waals surface area contributed by atoms with Crippen LogP contribution in [0.3, 0.4) is 0 Å². The summed E-state index contributed by atoms with van der Waals surface area (Å²) in [6.07, 6.45) is 2.78. The van der Waals surface area contributed by atoms with E-state index in [1.807, 2.05) is 19.1 Å². The highest BCUT2D eigenvalue weighted by Crippen LogP contribution is 2.39. The molecule has 5 nitrogen and oxygen atoms in total. The number of carbonyl (C=O) groups is 2. The van der Waals surface area contributed by atoms with Crippen LogP contribution in [0.2, 0.25) is 0 Å². The maximum Gasteiger partial charge on any atom is 0.260 e. The van der Waals surface area contributed by atoms with Gasteiger partial charge in [0.1, 0.15) is 10.8 Å². The molecule has 0 radical (unpaired) electrons. The second kappa shape index (κ2) is 6.88. The Balaban J connectivity index is 1.97. The van der Waals surface area contributed by atoms with Gasteiger partial charge in [-0.05, 0) is 49.3 Å². The Labute approximate surface area is 151 Å². The summed E-state index contributed by atoms with van der Waals surface area (Å²) >= 11 is 1.46. The van der Waals surface area contributed by atoms with Crippen LogP contribution < -0.4 is 15.8 Å². The summed E-state index contributed by atoms with van der Waals surface area (Å²) in [6.45, 7) is 4.08. The number of para-hydroxylation sites is 1. The van der Waals surface area contributed by atoms with Crippen LogP contribution >= 0.6 is 11.3 Å². The first kappa shape index (κ1) is 17.5. The number of rotatable bonds is 4. The van der Waals surface area contributed by atoms with Crippen molar-refractivity contribution < 1.29 is 14.3 Å². The molecule has 3 N–H and O–H groups in total. The highest BCUT2D eigenvalue weighted by atomic mass is 32.1. The molecular formula is C19H22N2O3S. The van der Waals surface area contributed by atoms with Crippen LogP contribution in [0.5, 0.6) is 5.75 Å². The molecule has 1 aromatic carbocycles. The van der Waals surface area contributed by atoms with E-state index >= 15 is 0 Å². The summed E-state index contributed by atoms with van der Waals surface area (Å²) in [4.78, 5) is 25.9. The average Bonchev–Trinajstić information content (AvgIpc) is 2.91. The third-order valence-electron chi connectivity index (χ3n) is 4.65. The predicted molar refractivity (Wildman–Crippen MR) is 99.7 cm³/mol. The fourth-order valence-electron chi connectivity index (χ4n) is 3.37. The highest BCUT2D eigenvalue weighted by molar-refractivity contribution is 7.17. The number of nitrogens with two attached hydrogens (primary N) is 1. The van der Waals surface area contributed by atoms with Crippen LogP contribution in [0.25, 0.3) is 0 Å². The molecule has 0 aliphatic heterocycles. The molecule has 0 fully saturated rings. The standard InChI is InChI=1S/C19H22N2O3S/c1-10-7-8-12-14(9-10)25-19(15(12)17(20)22)21-18(23)13-6-4-5-11(2)16(13)24-3/h4-6,10H,7-9H2,1-3H3,(H2,20,22)(H,21,23). The number of fused-ring (bicyclic) bond motifs is 1. The van der Waals surface area contributed by atoms with Gasteiger partial charge in [-0.15, -0.1) is 11.3 Å². The normalized spacial score (nSPS) is 16.2. The van der Waals surface area contributed by atoms with Gasteiger partial charge in [-0.1, -0.05) is 19.1 Å². The maximum atomic E-state index is 12.8. The van der Waals surface area contributed by atoms with Crippen molar-refractivity contribution >= 4 is 28.2 Å². The Morgan fingerprint density at radius 1 is 1.36 bits per heavy atom. The van der Waals surface area contributed by atoms with Gasteiger partial charge in [-0.25, -0.2) is 0 Å². The second-order valence-electron chi connectivity index (χ2n) is 6.53. The van der Waals surface area contributed by atoms with E-state index in [0.29, 0.717) is 27.8 Å². The second-order valence-corrected chi connectivity index (χ2v) is 7.64. The Bertz CT molecular complexity index is 841. The van der Waals surface area contributed by atoms with E-state index in [1.54, 1.807) is 13.2 Å². The van der Waals surface area contributed by atoms with Gasteiger partial charge < -0.3 is 15.8 Å². The first-order valence-electron chi connectivity index (χ1n) is 8.31. The smallest absolute Gasteiger partial charge is 0.260 e. The van der Waals surface area contributed by atoms with Gasteiger partial charge in [0.25, 0.3) is 11.8 Å². The van der Waals surface area contributed by atoms with Crippen LogP contribution in [0.15, 0.2) is 18.2 Å². The number of aryl methyl sites for hydroxylation is 1. The van der Waals surface area contributed by atoms with E-state index in [0.717, 1.165) is 35.3 Å². The molecule has 0 bridgehead atoms. The van der Waals surface area contributed by atoms with Crippen LogP contribution in [0, 0.1) is 12.8 Å². The molecule has 6 heteroatoms. The molecule has 1 unspecified atom stereocenters. The minimum absolute atomic E-state index is 0.297. The lowest BCUT2D eigenvalue weighted by Gasteiger charge is -2.18. The van der Waals surface area contributed by atoms with Gasteiger partial charge in [0.2, 0.25) is 0 Å². The Kier molecular flexibility index (Phi) is 4.81. The van der Waals surface area contributed by atoms with Gasteiger partial charge in [-0.3, -0.25) is 9.59 Å². The van der Waals surface area contributed by atoms with Gasteiger partial charge in [0.05, 0.1) is 18.2 Å². The number of anilines is 1. The van der Waals surface area contributed by atoms with E-state index in [1.165, 1.54) is 11.3 Å². The van der Waals surface area contributed by atoms with Gasteiger partial charge in [-0.2, -0.15) is 0 Å². The molecule has 2 amide bonds. The van der Waals surface area contributed by atoms with Crippen molar-refractivity contribution in [2.75, 3.05) is 12.4 Å². The molecule has 132 valence electrons. The molecule has 0 spiro atoms. The van der Waals surface area contributed by atoms with Crippen molar-refractivity contribution in [2.24, 2.45) is 11.7 Å². The first-order valence-corrected chi connectivity index (χ1v) is 9.13. The summed E-state index contributed by atoms with van der Waals surface area (Å²) in [5.74, 6) is 0.330. The van der Waals surface area contributed by atoms with Crippen LogP contribution in [-0.4, -0.2) is 18.9 Å². The summed E-state index contributed by atoms with van der Waals surface area (Å²) < 4.78 is 5.36. The zero-order valence-corrected chi connectivity index (χ0v) is 15.5. The summed E-state index contributed by atoms with van der Waals surface area (Å²) in [5.41, 5.74) is 8.39. The lowest BCUT2D eigenvalue weighted by Crippen LogP contribution is -2.19. The molecule has 1 atom stereocenters. The number of benzene rings is 1. The Morgan fingerprint density at radius 2 is 2.12 bits per heavy atom. The third-order valence-corrected chi connectivity index (χ3v) is 5.82. The minimum atomic E-state index is -0.487. The monoisotopic (exact) mass is 358 g/mol. The molecule has 1 aliphatic carbocycles. The number of carbonyl (C=O) groups excluding carboxylic acids is 2. The molecule has 1 heterocycles. The van der Waals surface area contributed by atoms with Crippen LogP contribution in [-0.2, 0) is 12.8 Å². The van der Waals surface area contributed by atoms with Crippen molar-refractivity contribution in [3.05, 3.63) is 45.3 Å². The number of thiophene rings is 1. The molecule has 1 aromatic heterocycles. The van der Waals surface area contributed by atoms with Crippen LogP contribution in [0.1, 0.15) is 50.1 Å². The molecular weight excluding hydrogens is 336 g/mol. The van der Waals surface area contributed by atoms with Gasteiger partial charge >= 0.3 is 0 Å². The van der Waals surface area contributed by atoms with Gasteiger partial charge in [0.15, 0.2) is 0 Å². The molecule has 25 heavy (non-hydrogen) atoms. The number of ether oxygens (including phenoxy) is 1. The largest absolute Gasteiger partial charge is 0.496 e. The molecule has 0 saturated heterocycles. The van der Waals surface area contributed by atoms with Crippen molar-refractivity contribution in [2.45, 2.75) is 33.1 Å². The summed E-state index contributed by atoms with van der Waals surface area (Å²) in [7, 11) is 1.54. The molecule has 2 aromatic rings. The number of methoxy groups -OCH3 is 1. The van der Waals surface area contributed by atoms with Crippen LogP contribution in [0.4, 0.5) is 5.00 Å². The Morgan fingerprint density at radius 3 is 2.80 bits per heavy atom. The van der Waals surface area contributed by atoms with E-state index in [9.17, 15) is 9.59 Å². The lowest BCUT2D eigenvalue weighted by atomic mass is 9.88. The lowest BCUT2D eigenvalue weighted by molar-refractivity contribution is 0.1000. The van der Waals surface area contributed by atoms with Gasteiger partial charge in [0, 0.05) is 4.88 Å². The first-order chi connectivity index (χ1) is 11.9. The number of amides is 2. The maximum absolute atomic E-state index is 12.8. The topological polar surface area (TPSA) is 81.4 Å². The van der Waals surface area contributed by atoms with Crippen molar-refractivity contribution in [1.29, 1.82) is 0 Å². The zero-order chi connectivity index (χ0) is 18.1. The van der Waals surface area contributed by atoms with E-state index in [2.05, 4.69) is 12.2 Å². The number of nitrogens with one attached hydrogen (secondary N) is 1.